The number of rotatable bonds is 4. The van der Waals surface area contributed by atoms with Crippen LogP contribution in [0.15, 0.2) is 24.3 Å². The van der Waals surface area contributed by atoms with E-state index in [-0.39, 0.29) is 5.60 Å². The van der Waals surface area contributed by atoms with Crippen LogP contribution in [0.5, 0.6) is 5.75 Å². The van der Waals surface area contributed by atoms with Gasteiger partial charge in [-0.05, 0) is 12.1 Å². The molecule has 1 aromatic carbocycles. The van der Waals surface area contributed by atoms with Crippen molar-refractivity contribution in [2.75, 3.05) is 19.1 Å². The van der Waals surface area contributed by atoms with Gasteiger partial charge in [-0.1, -0.05) is 23.7 Å². The van der Waals surface area contributed by atoms with Crippen LogP contribution in [0.1, 0.15) is 0 Å². The average molecular weight is 233 g/mol. The molecule has 1 saturated heterocycles. The molecular formula is C10H10Cl2O2. The molecule has 1 heterocycles. The van der Waals surface area contributed by atoms with Crippen LogP contribution in [-0.4, -0.2) is 24.7 Å². The van der Waals surface area contributed by atoms with Crippen molar-refractivity contribution in [1.29, 1.82) is 0 Å². The van der Waals surface area contributed by atoms with Crippen molar-refractivity contribution in [2.24, 2.45) is 0 Å². The monoisotopic (exact) mass is 232 g/mol. The highest BCUT2D eigenvalue weighted by Crippen LogP contribution is 2.31. The Morgan fingerprint density at radius 3 is 2.71 bits per heavy atom. The van der Waals surface area contributed by atoms with Gasteiger partial charge in [-0.25, -0.2) is 0 Å². The molecule has 1 atom stereocenters. The summed E-state index contributed by atoms with van der Waals surface area (Å²) in [5.74, 6) is 1.13. The van der Waals surface area contributed by atoms with Gasteiger partial charge in [0.25, 0.3) is 0 Å². The average Bonchev–Trinajstić information content (AvgIpc) is 2.98. The van der Waals surface area contributed by atoms with E-state index in [1.807, 2.05) is 18.2 Å². The number of hydrogen-bond acceptors (Lipinski definition) is 2. The molecule has 4 heteroatoms. The standard InChI is InChI=1S/C10H10Cl2O2/c11-5-10(7-14-10)6-13-9-4-2-1-3-8(9)12/h1-4H,5-7H2. The minimum absolute atomic E-state index is 0.277. The molecule has 1 aliphatic heterocycles. The summed E-state index contributed by atoms with van der Waals surface area (Å²) in [6.07, 6.45) is 0. The maximum absolute atomic E-state index is 5.92. The lowest BCUT2D eigenvalue weighted by Crippen LogP contribution is -2.23. The van der Waals surface area contributed by atoms with Crippen LogP contribution in [0.2, 0.25) is 5.02 Å². The highest BCUT2D eigenvalue weighted by Gasteiger charge is 2.45. The van der Waals surface area contributed by atoms with Gasteiger partial charge in [-0.3, -0.25) is 0 Å². The molecule has 0 saturated carbocycles. The number of halogens is 2. The minimum Gasteiger partial charge on any atom is -0.489 e. The fraction of sp³-hybridized carbons (Fsp3) is 0.400. The van der Waals surface area contributed by atoms with Crippen molar-refractivity contribution < 1.29 is 9.47 Å². The Bertz CT molecular complexity index is 324. The van der Waals surface area contributed by atoms with Crippen LogP contribution < -0.4 is 4.74 Å². The minimum atomic E-state index is -0.277. The van der Waals surface area contributed by atoms with E-state index in [4.69, 9.17) is 32.7 Å². The number of alkyl halides is 1. The summed E-state index contributed by atoms with van der Waals surface area (Å²) in [5.41, 5.74) is -0.277. The number of para-hydroxylation sites is 1. The van der Waals surface area contributed by atoms with E-state index in [0.717, 1.165) is 0 Å². The summed E-state index contributed by atoms with van der Waals surface area (Å²) in [6, 6.07) is 7.35. The third-order valence-electron chi connectivity index (χ3n) is 2.12. The third kappa shape index (κ3) is 2.14. The molecule has 0 aliphatic carbocycles. The summed E-state index contributed by atoms with van der Waals surface area (Å²) in [4.78, 5) is 0. The molecule has 76 valence electrons. The maximum Gasteiger partial charge on any atom is 0.139 e. The summed E-state index contributed by atoms with van der Waals surface area (Å²) < 4.78 is 10.7. The highest BCUT2D eigenvalue weighted by atomic mass is 35.5. The van der Waals surface area contributed by atoms with Gasteiger partial charge < -0.3 is 9.47 Å². The van der Waals surface area contributed by atoms with Gasteiger partial charge >= 0.3 is 0 Å². The molecule has 0 radical (unpaired) electrons. The number of ether oxygens (including phenoxy) is 2. The van der Waals surface area contributed by atoms with Gasteiger partial charge in [0.1, 0.15) is 18.0 Å². The molecule has 0 bridgehead atoms. The van der Waals surface area contributed by atoms with Crippen molar-refractivity contribution in [3.63, 3.8) is 0 Å². The van der Waals surface area contributed by atoms with E-state index >= 15 is 0 Å². The van der Waals surface area contributed by atoms with E-state index in [1.54, 1.807) is 6.07 Å². The fourth-order valence-corrected chi connectivity index (χ4v) is 1.49. The lowest BCUT2D eigenvalue weighted by atomic mass is 10.2. The zero-order valence-corrected chi connectivity index (χ0v) is 9.02. The van der Waals surface area contributed by atoms with Crippen LogP contribution in [0.25, 0.3) is 0 Å². The molecule has 0 N–H and O–H groups in total. The van der Waals surface area contributed by atoms with Gasteiger partial charge in [0.2, 0.25) is 0 Å². The van der Waals surface area contributed by atoms with E-state index < -0.39 is 0 Å². The van der Waals surface area contributed by atoms with E-state index in [9.17, 15) is 0 Å². The second-order valence-corrected chi connectivity index (χ2v) is 4.00. The maximum atomic E-state index is 5.92. The Morgan fingerprint density at radius 2 is 2.14 bits per heavy atom. The first-order valence-corrected chi connectivity index (χ1v) is 5.24. The van der Waals surface area contributed by atoms with Crippen molar-refractivity contribution in [3.8, 4) is 5.75 Å². The Balaban J connectivity index is 1.95. The lowest BCUT2D eigenvalue weighted by Gasteiger charge is -2.11. The molecule has 14 heavy (non-hydrogen) atoms. The quantitative estimate of drug-likeness (QED) is 0.589. The van der Waals surface area contributed by atoms with Gasteiger partial charge in [0.15, 0.2) is 0 Å². The molecule has 0 aromatic heterocycles. The number of hydrogen-bond donors (Lipinski definition) is 0. The first kappa shape index (κ1) is 10.1. The van der Waals surface area contributed by atoms with Gasteiger partial charge in [0, 0.05) is 0 Å². The van der Waals surface area contributed by atoms with Gasteiger partial charge in [-0.2, -0.15) is 0 Å². The van der Waals surface area contributed by atoms with Crippen LogP contribution in [0.3, 0.4) is 0 Å². The van der Waals surface area contributed by atoms with Crippen LogP contribution >= 0.6 is 23.2 Å². The molecular weight excluding hydrogens is 223 g/mol. The normalized spacial score (nSPS) is 24.7. The Kier molecular flexibility index (Phi) is 2.86. The second kappa shape index (κ2) is 3.97. The molecule has 1 unspecified atom stereocenters. The fourth-order valence-electron chi connectivity index (χ4n) is 1.07. The third-order valence-corrected chi connectivity index (χ3v) is 2.92. The topological polar surface area (TPSA) is 21.8 Å². The van der Waals surface area contributed by atoms with Gasteiger partial charge in [0.05, 0.1) is 17.5 Å². The Hall–Kier alpha value is -0.440. The van der Waals surface area contributed by atoms with Crippen LogP contribution in [0.4, 0.5) is 0 Å². The van der Waals surface area contributed by atoms with Crippen molar-refractivity contribution in [1.82, 2.24) is 0 Å². The number of epoxide rings is 1. The van der Waals surface area contributed by atoms with E-state index in [0.29, 0.717) is 29.9 Å². The molecule has 2 nitrogen and oxygen atoms in total. The summed E-state index contributed by atoms with van der Waals surface area (Å²) in [6.45, 7) is 1.13. The Labute approximate surface area is 92.7 Å². The van der Waals surface area contributed by atoms with Crippen LogP contribution in [0, 0.1) is 0 Å². The summed E-state index contributed by atoms with van der Waals surface area (Å²) in [5, 5.41) is 0.609. The van der Waals surface area contributed by atoms with Crippen molar-refractivity contribution >= 4 is 23.2 Å². The second-order valence-electron chi connectivity index (χ2n) is 3.32. The molecule has 1 aliphatic rings. The highest BCUT2D eigenvalue weighted by molar-refractivity contribution is 6.32. The zero-order chi connectivity index (χ0) is 10.0. The van der Waals surface area contributed by atoms with E-state index in [1.165, 1.54) is 0 Å². The SMILES string of the molecule is ClCC1(COc2ccccc2Cl)CO1. The molecule has 0 spiro atoms. The molecule has 1 fully saturated rings. The molecule has 2 rings (SSSR count). The van der Waals surface area contributed by atoms with Gasteiger partial charge in [-0.15, -0.1) is 11.6 Å². The van der Waals surface area contributed by atoms with E-state index in [2.05, 4.69) is 0 Å². The van der Waals surface area contributed by atoms with Crippen molar-refractivity contribution in [2.45, 2.75) is 5.60 Å². The summed E-state index contributed by atoms with van der Waals surface area (Å²) >= 11 is 11.6. The first-order chi connectivity index (χ1) is 6.76. The smallest absolute Gasteiger partial charge is 0.139 e. The predicted molar refractivity (Wildman–Crippen MR) is 56.4 cm³/mol. The number of benzene rings is 1. The van der Waals surface area contributed by atoms with Crippen LogP contribution in [-0.2, 0) is 4.74 Å². The van der Waals surface area contributed by atoms with Crippen molar-refractivity contribution in [3.05, 3.63) is 29.3 Å². The zero-order valence-electron chi connectivity index (χ0n) is 7.50. The molecule has 0 amide bonds. The molecule has 1 aromatic rings. The largest absolute Gasteiger partial charge is 0.489 e. The predicted octanol–water partition coefficient (Wildman–Crippen LogP) is 2.73. The Morgan fingerprint density at radius 1 is 1.43 bits per heavy atom. The lowest BCUT2D eigenvalue weighted by molar-refractivity contribution is 0.205. The first-order valence-electron chi connectivity index (χ1n) is 4.33. The summed E-state index contributed by atoms with van der Waals surface area (Å²) in [7, 11) is 0.